The maximum Gasteiger partial charge on any atom is 0.333 e. The molecule has 18 unspecified atom stereocenters. The van der Waals surface area contributed by atoms with Crippen molar-refractivity contribution in [3.8, 4) is 0 Å². The average Bonchev–Trinajstić information content (AvgIpc) is 1.70. The number of likely N-dealkylation sites (N-methyl/N-ethyl adjacent to an activating group) is 4. The standard InChI is InChI=1S/C15H25NO.2C13H21NO.C13H20O2.C12H19NO.C12H18O2.C11H19NO.2C10H17NO/c1-4-16(15(17)11(2)3)14-9-8-12-6-5-7-13(12)10-14;1-9(2)13(15)14-12-7-6-10-4-3-5-11(10)8-12;1-3-13(15)14(2)12-8-7-10-5-4-6-11(10)9-12;1-9(2)13(14)15-12-7-6-10-4-3-5-11(10)8-12;1-2-12(14)13-11-7-6-9-4-3-5-10(9)8-11;1-2-12(13)14-11-7-6-9-4-3-5-10(9)8-11;1-9(2)11(13)12(3)10-7-5-4-6-8-10;1-8(2)10(12)11-9-6-4-3-5-7-9;1-3-10(12)11(2)9-7-5-4-6-8-9/h12-14H,2,4-10H2,1,3H3;10-12H,1,3-8H2,2H3,(H,14,15);3,10-12H,1,4-9H2,2H3;10-12H,1,3-8H2,2H3;2,9-11H,1,3-8H2,(H,13,14);2,9-11H,1,3-8H2;10H,1,4-8H2,2-3H3;9H,1,3-7H2,2H3,(H,11,12);3,9H,1,4-8H2,2H3. The van der Waals surface area contributed by atoms with Crippen LogP contribution in [0.5, 0.6) is 0 Å². The molecule has 0 aliphatic heterocycles. The van der Waals surface area contributed by atoms with E-state index in [4.69, 9.17) is 9.47 Å². The summed E-state index contributed by atoms with van der Waals surface area (Å²) in [4.78, 5) is 110. The number of nitrogens with zero attached hydrogens (tertiary/aromatic N) is 4. The molecule has 0 saturated heterocycles. The van der Waals surface area contributed by atoms with Crippen LogP contribution in [-0.2, 0) is 52.6 Å². The van der Waals surface area contributed by atoms with Crippen molar-refractivity contribution in [1.29, 1.82) is 0 Å². The summed E-state index contributed by atoms with van der Waals surface area (Å²) in [5, 5.41) is 9.10. The summed E-state index contributed by atoms with van der Waals surface area (Å²) in [5.74, 6) is 10.9. The van der Waals surface area contributed by atoms with Gasteiger partial charge >= 0.3 is 11.9 Å². The Balaban J connectivity index is 0.000000196. The van der Waals surface area contributed by atoms with Gasteiger partial charge in [-0.25, -0.2) is 9.59 Å². The first-order valence-corrected chi connectivity index (χ1v) is 51.1. The highest BCUT2D eigenvalue weighted by Crippen LogP contribution is 2.48. The molecule has 0 radical (unpaired) electrons. The quantitative estimate of drug-likeness (QED) is 0.0815. The van der Waals surface area contributed by atoms with E-state index in [1.807, 2.05) is 42.8 Å². The molecule has 0 aromatic carbocycles. The van der Waals surface area contributed by atoms with E-state index in [0.29, 0.717) is 70.2 Å². The van der Waals surface area contributed by atoms with Crippen LogP contribution in [-0.4, -0.2) is 155 Å². The Kier molecular flexibility index (Phi) is 47.6. The van der Waals surface area contributed by atoms with Crippen LogP contribution in [0, 0.1) is 71.0 Å². The number of ether oxygens (including phenoxy) is 2. The van der Waals surface area contributed by atoms with Crippen molar-refractivity contribution < 1.29 is 52.6 Å². The van der Waals surface area contributed by atoms with Crippen molar-refractivity contribution in [1.82, 2.24) is 35.6 Å². The van der Waals surface area contributed by atoms with Gasteiger partial charge in [0, 0.05) is 104 Å². The van der Waals surface area contributed by atoms with Gasteiger partial charge in [0.2, 0.25) is 41.4 Å². The minimum absolute atomic E-state index is 0.00792. The zero-order valence-corrected chi connectivity index (χ0v) is 81.3. The van der Waals surface area contributed by atoms with Crippen LogP contribution in [0.2, 0.25) is 0 Å². The topological polar surface area (TPSA) is 221 Å². The van der Waals surface area contributed by atoms with Gasteiger partial charge in [0.1, 0.15) is 12.2 Å². The third-order valence-corrected chi connectivity index (χ3v) is 32.2. The summed E-state index contributed by atoms with van der Waals surface area (Å²) in [5.41, 5.74) is 3.08. The highest BCUT2D eigenvalue weighted by Gasteiger charge is 2.42. The summed E-state index contributed by atoms with van der Waals surface area (Å²) < 4.78 is 10.7. The van der Waals surface area contributed by atoms with Gasteiger partial charge in [0.05, 0.1) is 0 Å². The lowest BCUT2D eigenvalue weighted by molar-refractivity contribution is -0.147. The van der Waals surface area contributed by atoms with Crippen molar-refractivity contribution >= 4 is 53.3 Å². The number of nitrogens with one attached hydrogen (secondary N) is 3. The van der Waals surface area contributed by atoms with Gasteiger partial charge in [-0.1, -0.05) is 233 Å². The second-order valence-corrected chi connectivity index (χ2v) is 41.4. The van der Waals surface area contributed by atoms with Crippen molar-refractivity contribution in [2.75, 3.05) is 27.7 Å². The third kappa shape index (κ3) is 35.8. The lowest BCUT2D eigenvalue weighted by Gasteiger charge is -2.38. The van der Waals surface area contributed by atoms with Gasteiger partial charge in [0.25, 0.3) is 0 Å². The number of esters is 2. The normalized spacial score (nSPS) is 29.9. The molecule has 15 aliphatic rings. The van der Waals surface area contributed by atoms with E-state index in [-0.39, 0.29) is 65.5 Å². The number of hydrogen-bond acceptors (Lipinski definition) is 11. The number of amides is 7. The smallest absolute Gasteiger partial charge is 0.333 e. The zero-order chi connectivity index (χ0) is 92.7. The highest BCUT2D eigenvalue weighted by atomic mass is 16.5. The molecule has 15 saturated carbocycles. The lowest BCUT2D eigenvalue weighted by Crippen LogP contribution is -2.44. The molecule has 0 heterocycles. The fourth-order valence-electron chi connectivity index (χ4n) is 24.6. The SMILES string of the molecule is C=C(C)C(=O)N(C)C1CCCCC1.C=C(C)C(=O)N(CC)C1CCC2CCCC2C1.C=C(C)C(=O)NC1CCC2CCCC2C1.C=C(C)C(=O)NC1CCCCC1.C=C(C)C(=O)OC1CCC2CCCC2C1.C=CC(=O)N(C)C1CCC2CCCC2C1.C=CC(=O)N(C)C1CCCCC1.C=CC(=O)NC1CCC2CCCC2C1.C=CC(=O)OC1CCC2CCCC2C1. The molecule has 15 rings (SSSR count). The fourth-order valence-corrected chi connectivity index (χ4v) is 24.6. The second-order valence-electron chi connectivity index (χ2n) is 41.4. The summed E-state index contributed by atoms with van der Waals surface area (Å²) in [7, 11) is 5.69. The Morgan fingerprint density at radius 2 is 0.622 bits per heavy atom. The van der Waals surface area contributed by atoms with E-state index in [1.54, 1.807) is 27.7 Å². The van der Waals surface area contributed by atoms with Crippen LogP contribution >= 0.6 is 0 Å². The Hall–Kier alpha value is -7.11. The Bertz CT molecular complexity index is 3470. The Morgan fingerprint density at radius 1 is 0.291 bits per heavy atom. The first-order valence-electron chi connectivity index (χ1n) is 51.1. The lowest BCUT2D eigenvalue weighted by atomic mass is 9.78. The minimum Gasteiger partial charge on any atom is -0.459 e. The van der Waals surface area contributed by atoms with E-state index < -0.39 is 0 Å². The minimum atomic E-state index is -0.258. The number of rotatable bonds is 19. The van der Waals surface area contributed by atoms with Crippen LogP contribution in [0.15, 0.2) is 111 Å². The maximum atomic E-state index is 12.1. The number of fused-ring (bicyclic) bond motifs is 6. The molecule has 0 bridgehead atoms. The first kappa shape index (κ1) is 107. The molecule has 3 N–H and O–H groups in total. The first-order chi connectivity index (χ1) is 60.8. The van der Waals surface area contributed by atoms with Crippen molar-refractivity contribution in [2.45, 2.75) is 424 Å². The van der Waals surface area contributed by atoms with E-state index in [9.17, 15) is 43.2 Å². The van der Waals surface area contributed by atoms with Crippen LogP contribution in [0.25, 0.3) is 0 Å². The molecule has 15 aliphatic carbocycles. The van der Waals surface area contributed by atoms with Crippen molar-refractivity contribution in [3.05, 3.63) is 111 Å². The van der Waals surface area contributed by atoms with Crippen molar-refractivity contribution in [3.63, 3.8) is 0 Å². The number of hydrogen-bond donors (Lipinski definition) is 3. The van der Waals surface area contributed by atoms with Crippen LogP contribution in [0.4, 0.5) is 0 Å². The Morgan fingerprint density at radius 3 is 1.00 bits per heavy atom. The van der Waals surface area contributed by atoms with Gasteiger partial charge in [-0.2, -0.15) is 0 Å². The van der Waals surface area contributed by atoms with Gasteiger partial charge in [0.15, 0.2) is 0 Å². The van der Waals surface area contributed by atoms with Gasteiger partial charge in [-0.3, -0.25) is 33.6 Å². The predicted octanol–water partition coefficient (Wildman–Crippen LogP) is 23.0. The monoisotopic (exact) mass is 1760 g/mol. The van der Waals surface area contributed by atoms with E-state index >= 15 is 0 Å². The van der Waals surface area contributed by atoms with Gasteiger partial charge < -0.3 is 45.0 Å². The van der Waals surface area contributed by atoms with Gasteiger partial charge in [-0.15, -0.1) is 0 Å². The molecule has 15 fully saturated rings. The second kappa shape index (κ2) is 56.6. The van der Waals surface area contributed by atoms with Gasteiger partial charge in [-0.05, 0) is 285 Å². The summed E-state index contributed by atoms with van der Waals surface area (Å²) in [6.07, 6.45) is 70.9. The molecule has 18 nitrogen and oxygen atoms in total. The predicted molar refractivity (Wildman–Crippen MR) is 519 cm³/mol. The fraction of sp³-hybridized carbons (Fsp3) is 0.752. The molecule has 7 amide bonds. The van der Waals surface area contributed by atoms with E-state index in [2.05, 4.69) is 87.0 Å². The Labute approximate surface area is 770 Å². The van der Waals surface area contributed by atoms with Crippen molar-refractivity contribution in [2.24, 2.45) is 71.0 Å². The molecule has 18 heteroatoms. The number of carbonyl (C=O) groups excluding carboxylic acids is 9. The molecule has 0 aromatic heterocycles. The zero-order valence-electron chi connectivity index (χ0n) is 81.3. The third-order valence-electron chi connectivity index (χ3n) is 32.2. The number of carbonyl (C=O) groups is 9. The molecule has 714 valence electrons. The van der Waals surface area contributed by atoms with E-state index in [0.717, 1.165) is 142 Å². The highest BCUT2D eigenvalue weighted by molar-refractivity contribution is 5.94. The van der Waals surface area contributed by atoms with Crippen LogP contribution in [0.3, 0.4) is 0 Å². The van der Waals surface area contributed by atoms with Crippen LogP contribution < -0.4 is 16.0 Å². The summed E-state index contributed by atoms with van der Waals surface area (Å²) in [6, 6.07) is 3.09. The largest absolute Gasteiger partial charge is 0.459 e. The van der Waals surface area contributed by atoms with E-state index in [1.165, 1.54) is 288 Å². The molecule has 0 spiro atoms. The molecule has 127 heavy (non-hydrogen) atoms. The summed E-state index contributed by atoms with van der Waals surface area (Å²) >= 11 is 0. The molecule has 18 atom stereocenters. The molecular formula is C109H177N7O11. The molecular weight excluding hydrogens is 1580 g/mol. The average molecular weight is 1760 g/mol. The summed E-state index contributed by atoms with van der Waals surface area (Å²) in [6.45, 7) is 44.1. The maximum absolute atomic E-state index is 12.1. The van der Waals surface area contributed by atoms with Crippen LogP contribution in [0.1, 0.15) is 369 Å². The molecule has 0 aromatic rings.